The summed E-state index contributed by atoms with van der Waals surface area (Å²) in [5, 5.41) is 5.07. The van der Waals surface area contributed by atoms with Crippen LogP contribution in [0.3, 0.4) is 0 Å². The second-order valence-corrected chi connectivity index (χ2v) is 5.88. The Balaban J connectivity index is 1.79. The van der Waals surface area contributed by atoms with Gasteiger partial charge < -0.3 is 14.5 Å². The molecular formula is C20H17N3O3. The molecular weight excluding hydrogens is 330 g/mol. The zero-order valence-electron chi connectivity index (χ0n) is 14.4. The lowest BCUT2D eigenvalue weighted by atomic mass is 10.1. The van der Waals surface area contributed by atoms with Gasteiger partial charge in [-0.25, -0.2) is 4.79 Å². The standard InChI is InChI=1S/C20H17N3O3/c1-3-25-20(24)19-18(15-8-9-21-11-17(15)26-19)23-14-6-7-16-13(10-14)5-4-12(2)22-16/h4-11,23H,3H2,1-2H3. The van der Waals surface area contributed by atoms with Gasteiger partial charge in [0, 0.05) is 28.4 Å². The number of esters is 1. The molecule has 0 unspecified atom stereocenters. The molecule has 0 aliphatic heterocycles. The van der Waals surface area contributed by atoms with Gasteiger partial charge in [-0.05, 0) is 44.2 Å². The number of aryl methyl sites for hydroxylation is 1. The average Bonchev–Trinajstić information content (AvgIpc) is 3.01. The first-order chi connectivity index (χ1) is 12.7. The van der Waals surface area contributed by atoms with Gasteiger partial charge >= 0.3 is 5.97 Å². The number of ether oxygens (including phenoxy) is 1. The first-order valence-electron chi connectivity index (χ1n) is 8.34. The summed E-state index contributed by atoms with van der Waals surface area (Å²) < 4.78 is 10.8. The van der Waals surface area contributed by atoms with Crippen molar-refractivity contribution in [3.63, 3.8) is 0 Å². The Labute approximate surface area is 149 Å². The SMILES string of the molecule is CCOC(=O)c1oc2cnccc2c1Nc1ccc2nc(C)ccc2c1. The van der Waals surface area contributed by atoms with Crippen molar-refractivity contribution in [1.29, 1.82) is 0 Å². The van der Waals surface area contributed by atoms with Gasteiger partial charge in [0.1, 0.15) is 5.69 Å². The number of fused-ring (bicyclic) bond motifs is 2. The molecule has 0 bridgehead atoms. The molecule has 4 aromatic rings. The summed E-state index contributed by atoms with van der Waals surface area (Å²) in [6.07, 6.45) is 3.24. The van der Waals surface area contributed by atoms with Gasteiger partial charge in [-0.1, -0.05) is 6.07 Å². The number of pyridine rings is 2. The number of hydrogen-bond donors (Lipinski definition) is 1. The van der Waals surface area contributed by atoms with E-state index in [0.29, 0.717) is 11.3 Å². The van der Waals surface area contributed by atoms with E-state index in [9.17, 15) is 4.79 Å². The number of aromatic nitrogens is 2. The Bertz CT molecular complexity index is 1120. The van der Waals surface area contributed by atoms with E-state index < -0.39 is 5.97 Å². The number of benzene rings is 1. The first-order valence-corrected chi connectivity index (χ1v) is 8.34. The van der Waals surface area contributed by atoms with E-state index in [1.54, 1.807) is 25.4 Å². The molecule has 0 spiro atoms. The maximum atomic E-state index is 12.3. The van der Waals surface area contributed by atoms with Gasteiger partial charge in [-0.2, -0.15) is 0 Å². The van der Waals surface area contributed by atoms with Gasteiger partial charge in [-0.3, -0.25) is 9.97 Å². The lowest BCUT2D eigenvalue weighted by molar-refractivity contribution is 0.0494. The molecule has 130 valence electrons. The maximum Gasteiger partial charge on any atom is 0.376 e. The summed E-state index contributed by atoms with van der Waals surface area (Å²) in [6.45, 7) is 3.99. The van der Waals surface area contributed by atoms with Gasteiger partial charge in [0.25, 0.3) is 0 Å². The van der Waals surface area contributed by atoms with E-state index >= 15 is 0 Å². The smallest absolute Gasteiger partial charge is 0.376 e. The molecule has 1 N–H and O–H groups in total. The van der Waals surface area contributed by atoms with Crippen molar-refractivity contribution in [2.75, 3.05) is 11.9 Å². The molecule has 4 rings (SSSR count). The fraction of sp³-hybridized carbons (Fsp3) is 0.150. The zero-order valence-corrected chi connectivity index (χ0v) is 14.4. The molecule has 1 aromatic carbocycles. The summed E-state index contributed by atoms with van der Waals surface area (Å²) in [4.78, 5) is 20.8. The molecule has 0 saturated carbocycles. The Morgan fingerprint density at radius 2 is 2.12 bits per heavy atom. The van der Waals surface area contributed by atoms with Crippen molar-refractivity contribution in [1.82, 2.24) is 9.97 Å². The molecule has 0 amide bonds. The van der Waals surface area contributed by atoms with Gasteiger partial charge in [0.05, 0.1) is 18.3 Å². The highest BCUT2D eigenvalue weighted by atomic mass is 16.5. The predicted molar refractivity (Wildman–Crippen MR) is 99.7 cm³/mol. The van der Waals surface area contributed by atoms with Crippen LogP contribution in [0.5, 0.6) is 0 Å². The van der Waals surface area contributed by atoms with Crippen molar-refractivity contribution in [2.45, 2.75) is 13.8 Å². The van der Waals surface area contributed by atoms with Crippen molar-refractivity contribution in [2.24, 2.45) is 0 Å². The minimum absolute atomic E-state index is 0.136. The van der Waals surface area contributed by atoms with Crippen LogP contribution >= 0.6 is 0 Å². The highest BCUT2D eigenvalue weighted by Crippen LogP contribution is 2.34. The third-order valence-electron chi connectivity index (χ3n) is 4.05. The molecule has 3 heterocycles. The van der Waals surface area contributed by atoms with Crippen LogP contribution in [0.25, 0.3) is 21.9 Å². The Morgan fingerprint density at radius 3 is 2.96 bits per heavy atom. The number of anilines is 2. The fourth-order valence-electron chi connectivity index (χ4n) is 2.87. The Morgan fingerprint density at radius 1 is 1.23 bits per heavy atom. The van der Waals surface area contributed by atoms with Gasteiger partial charge in [0.2, 0.25) is 5.76 Å². The van der Waals surface area contributed by atoms with Crippen molar-refractivity contribution in [3.05, 3.63) is 60.2 Å². The molecule has 0 saturated heterocycles. The highest BCUT2D eigenvalue weighted by Gasteiger charge is 2.22. The normalized spacial score (nSPS) is 11.0. The number of hydrogen-bond acceptors (Lipinski definition) is 6. The number of furan rings is 1. The second kappa shape index (κ2) is 6.48. The number of carbonyl (C=O) groups excluding carboxylic acids is 1. The molecule has 0 aliphatic rings. The molecule has 6 nitrogen and oxygen atoms in total. The quantitative estimate of drug-likeness (QED) is 0.543. The minimum Gasteiger partial charge on any atom is -0.460 e. The average molecular weight is 347 g/mol. The van der Waals surface area contributed by atoms with Crippen LogP contribution in [0, 0.1) is 6.92 Å². The van der Waals surface area contributed by atoms with Crippen molar-refractivity contribution >= 4 is 39.2 Å². The van der Waals surface area contributed by atoms with Gasteiger partial charge in [0.15, 0.2) is 5.58 Å². The summed E-state index contributed by atoms with van der Waals surface area (Å²) >= 11 is 0. The van der Waals surface area contributed by atoms with E-state index in [-0.39, 0.29) is 12.4 Å². The van der Waals surface area contributed by atoms with Crippen LogP contribution in [0.1, 0.15) is 23.2 Å². The summed E-state index contributed by atoms with van der Waals surface area (Å²) in [6, 6.07) is 11.6. The first kappa shape index (κ1) is 16.1. The van der Waals surface area contributed by atoms with E-state index in [1.165, 1.54) is 0 Å². The molecule has 3 aromatic heterocycles. The number of nitrogens with one attached hydrogen (secondary N) is 1. The van der Waals surface area contributed by atoms with Crippen LogP contribution in [-0.4, -0.2) is 22.5 Å². The molecule has 0 aliphatic carbocycles. The third-order valence-corrected chi connectivity index (χ3v) is 4.05. The van der Waals surface area contributed by atoms with Crippen LogP contribution < -0.4 is 5.32 Å². The van der Waals surface area contributed by atoms with E-state index in [0.717, 1.165) is 27.7 Å². The molecule has 26 heavy (non-hydrogen) atoms. The summed E-state index contributed by atoms with van der Waals surface area (Å²) in [5.74, 6) is -0.374. The van der Waals surface area contributed by atoms with Crippen LogP contribution in [-0.2, 0) is 4.74 Å². The Kier molecular flexibility index (Phi) is 4.01. The lowest BCUT2D eigenvalue weighted by Crippen LogP contribution is -2.06. The third kappa shape index (κ3) is 2.86. The van der Waals surface area contributed by atoms with Crippen molar-refractivity contribution < 1.29 is 13.9 Å². The molecule has 0 fully saturated rings. The maximum absolute atomic E-state index is 12.3. The largest absolute Gasteiger partial charge is 0.460 e. The van der Waals surface area contributed by atoms with Crippen molar-refractivity contribution in [3.8, 4) is 0 Å². The predicted octanol–water partition coefficient (Wildman–Crippen LogP) is 4.60. The lowest BCUT2D eigenvalue weighted by Gasteiger charge is -2.08. The minimum atomic E-state index is -0.510. The monoisotopic (exact) mass is 347 g/mol. The zero-order chi connectivity index (χ0) is 18.1. The molecule has 0 atom stereocenters. The summed E-state index contributed by atoms with van der Waals surface area (Å²) in [5.41, 5.74) is 3.81. The highest BCUT2D eigenvalue weighted by molar-refractivity contribution is 6.05. The number of nitrogens with zero attached hydrogens (tertiary/aromatic N) is 2. The fourth-order valence-corrected chi connectivity index (χ4v) is 2.87. The van der Waals surface area contributed by atoms with E-state index in [2.05, 4.69) is 15.3 Å². The topological polar surface area (TPSA) is 77.2 Å². The molecule has 6 heteroatoms. The van der Waals surface area contributed by atoms with Gasteiger partial charge in [-0.15, -0.1) is 0 Å². The van der Waals surface area contributed by atoms with E-state index in [4.69, 9.17) is 9.15 Å². The number of rotatable bonds is 4. The van der Waals surface area contributed by atoms with Crippen LogP contribution in [0.4, 0.5) is 11.4 Å². The summed E-state index contributed by atoms with van der Waals surface area (Å²) in [7, 11) is 0. The van der Waals surface area contributed by atoms with Crippen LogP contribution in [0.15, 0.2) is 53.2 Å². The van der Waals surface area contributed by atoms with Crippen LogP contribution in [0.2, 0.25) is 0 Å². The second-order valence-electron chi connectivity index (χ2n) is 5.88. The Hall–Kier alpha value is -3.41. The number of carbonyl (C=O) groups is 1. The van der Waals surface area contributed by atoms with E-state index in [1.807, 2.05) is 37.3 Å². The molecule has 0 radical (unpaired) electrons.